The summed E-state index contributed by atoms with van der Waals surface area (Å²) in [6, 6.07) is 5.29. The van der Waals surface area contributed by atoms with Gasteiger partial charge in [0, 0.05) is 17.3 Å². The molecule has 0 aromatic heterocycles. The highest BCUT2D eigenvalue weighted by Crippen LogP contribution is 2.31. The highest BCUT2D eigenvalue weighted by molar-refractivity contribution is 6.31. The summed E-state index contributed by atoms with van der Waals surface area (Å²) in [5.74, 6) is 0.00728. The Bertz CT molecular complexity index is 433. The van der Waals surface area contributed by atoms with Crippen molar-refractivity contribution in [3.05, 3.63) is 28.8 Å². The van der Waals surface area contributed by atoms with E-state index in [4.69, 9.17) is 17.3 Å². The smallest absolute Gasteiger partial charge is 0.243 e. The molecule has 0 bridgehead atoms. The van der Waals surface area contributed by atoms with Gasteiger partial charge in [0.25, 0.3) is 0 Å². The second kappa shape index (κ2) is 5.07. The van der Waals surface area contributed by atoms with E-state index in [9.17, 15) is 4.79 Å². The van der Waals surface area contributed by atoms with Crippen LogP contribution in [-0.4, -0.2) is 18.5 Å². The number of benzene rings is 1. The van der Waals surface area contributed by atoms with Crippen molar-refractivity contribution in [2.24, 2.45) is 5.73 Å². The van der Waals surface area contributed by atoms with Gasteiger partial charge in [-0.1, -0.05) is 31.0 Å². The molecule has 17 heavy (non-hydrogen) atoms. The summed E-state index contributed by atoms with van der Waals surface area (Å²) in [7, 11) is 0. The molecule has 0 aliphatic carbocycles. The van der Waals surface area contributed by atoms with Crippen LogP contribution in [0.3, 0.4) is 0 Å². The number of nitrogens with zero attached hydrogens (tertiary/aromatic N) is 1. The number of halogens is 1. The number of carbonyl (C=O) groups excluding carboxylic acids is 1. The first kappa shape index (κ1) is 12.4. The highest BCUT2D eigenvalue weighted by Gasteiger charge is 2.27. The quantitative estimate of drug-likeness (QED) is 0.898. The molecule has 1 amide bonds. The Morgan fingerprint density at radius 2 is 2.35 bits per heavy atom. The summed E-state index contributed by atoms with van der Waals surface area (Å²) >= 11 is 5.96. The molecule has 2 N–H and O–H groups in total. The van der Waals surface area contributed by atoms with Crippen LogP contribution in [-0.2, 0) is 11.2 Å². The maximum Gasteiger partial charge on any atom is 0.243 e. The minimum atomic E-state index is -0.398. The molecular formula is C13H17ClN2O. The van der Waals surface area contributed by atoms with E-state index >= 15 is 0 Å². The van der Waals surface area contributed by atoms with E-state index in [0.717, 1.165) is 24.9 Å². The van der Waals surface area contributed by atoms with E-state index in [1.165, 1.54) is 5.56 Å². The monoisotopic (exact) mass is 252 g/mol. The predicted octanol–water partition coefficient (Wildman–Crippen LogP) is 2.36. The molecule has 0 spiro atoms. The number of fused-ring (bicyclic) bond motifs is 1. The maximum atomic E-state index is 12.2. The van der Waals surface area contributed by atoms with Crippen molar-refractivity contribution in [2.45, 2.75) is 32.2 Å². The third kappa shape index (κ3) is 2.45. The van der Waals surface area contributed by atoms with Gasteiger partial charge >= 0.3 is 0 Å². The lowest BCUT2D eigenvalue weighted by Crippen LogP contribution is -2.43. The Kier molecular flexibility index (Phi) is 3.69. The van der Waals surface area contributed by atoms with Crippen LogP contribution in [0.1, 0.15) is 25.3 Å². The van der Waals surface area contributed by atoms with Gasteiger partial charge in [-0.3, -0.25) is 4.79 Å². The van der Waals surface area contributed by atoms with E-state index in [-0.39, 0.29) is 5.91 Å². The number of amides is 1. The first-order valence-electron chi connectivity index (χ1n) is 5.99. The molecule has 1 aromatic carbocycles. The lowest BCUT2D eigenvalue weighted by atomic mass is 10.1. The molecule has 2 rings (SSSR count). The molecule has 92 valence electrons. The standard InChI is InChI=1S/C13H17ClN2O/c1-2-3-11(15)13(17)16-7-6-9-4-5-10(14)8-12(9)16/h4-5,8,11H,2-3,6-7,15H2,1H3. The van der Waals surface area contributed by atoms with Crippen LogP contribution >= 0.6 is 11.6 Å². The minimum Gasteiger partial charge on any atom is -0.320 e. The topological polar surface area (TPSA) is 46.3 Å². The molecule has 1 heterocycles. The van der Waals surface area contributed by atoms with Gasteiger partial charge in [0.15, 0.2) is 0 Å². The summed E-state index contributed by atoms with van der Waals surface area (Å²) in [4.78, 5) is 13.9. The van der Waals surface area contributed by atoms with Crippen molar-refractivity contribution in [3.8, 4) is 0 Å². The number of hydrogen-bond acceptors (Lipinski definition) is 2. The average molecular weight is 253 g/mol. The molecular weight excluding hydrogens is 236 g/mol. The highest BCUT2D eigenvalue weighted by atomic mass is 35.5. The summed E-state index contributed by atoms with van der Waals surface area (Å²) < 4.78 is 0. The molecule has 0 saturated heterocycles. The first-order valence-corrected chi connectivity index (χ1v) is 6.36. The zero-order valence-electron chi connectivity index (χ0n) is 9.95. The molecule has 0 fully saturated rings. The molecule has 3 nitrogen and oxygen atoms in total. The fourth-order valence-corrected chi connectivity index (χ4v) is 2.38. The molecule has 1 unspecified atom stereocenters. The SMILES string of the molecule is CCCC(N)C(=O)N1CCc2ccc(Cl)cc21. The van der Waals surface area contributed by atoms with Crippen molar-refractivity contribution < 1.29 is 4.79 Å². The van der Waals surface area contributed by atoms with E-state index in [1.54, 1.807) is 4.90 Å². The molecule has 1 atom stereocenters. The maximum absolute atomic E-state index is 12.2. The number of hydrogen-bond donors (Lipinski definition) is 1. The number of anilines is 1. The molecule has 4 heteroatoms. The van der Waals surface area contributed by atoms with Gasteiger partial charge in [0.1, 0.15) is 0 Å². The van der Waals surface area contributed by atoms with Crippen molar-refractivity contribution in [2.75, 3.05) is 11.4 Å². The van der Waals surface area contributed by atoms with E-state index in [1.807, 2.05) is 25.1 Å². The van der Waals surface area contributed by atoms with Crippen molar-refractivity contribution >= 4 is 23.2 Å². The number of carbonyl (C=O) groups is 1. The van der Waals surface area contributed by atoms with Crippen LogP contribution in [0.2, 0.25) is 5.02 Å². The molecule has 0 radical (unpaired) electrons. The molecule has 1 aliphatic rings. The van der Waals surface area contributed by atoms with E-state index in [0.29, 0.717) is 11.6 Å². The Morgan fingerprint density at radius 3 is 3.06 bits per heavy atom. The predicted molar refractivity (Wildman–Crippen MR) is 70.4 cm³/mol. The van der Waals surface area contributed by atoms with Gasteiger partial charge in [-0.05, 0) is 30.5 Å². The van der Waals surface area contributed by atoms with E-state index in [2.05, 4.69) is 0 Å². The van der Waals surface area contributed by atoms with Crippen molar-refractivity contribution in [1.29, 1.82) is 0 Å². The lowest BCUT2D eigenvalue weighted by Gasteiger charge is -2.21. The van der Waals surface area contributed by atoms with Crippen molar-refractivity contribution in [1.82, 2.24) is 0 Å². The van der Waals surface area contributed by atoms with Crippen LogP contribution in [0.25, 0.3) is 0 Å². The van der Waals surface area contributed by atoms with Gasteiger partial charge in [0.05, 0.1) is 6.04 Å². The van der Waals surface area contributed by atoms with Crippen LogP contribution in [0.4, 0.5) is 5.69 Å². The minimum absolute atomic E-state index is 0.00728. The summed E-state index contributed by atoms with van der Waals surface area (Å²) in [6.45, 7) is 2.74. The fraction of sp³-hybridized carbons (Fsp3) is 0.462. The lowest BCUT2D eigenvalue weighted by molar-refractivity contribution is -0.119. The third-order valence-corrected chi connectivity index (χ3v) is 3.36. The van der Waals surface area contributed by atoms with Crippen LogP contribution in [0, 0.1) is 0 Å². The molecule has 1 aromatic rings. The third-order valence-electron chi connectivity index (χ3n) is 3.13. The summed E-state index contributed by atoms with van der Waals surface area (Å²) in [5, 5.41) is 0.660. The van der Waals surface area contributed by atoms with Crippen LogP contribution < -0.4 is 10.6 Å². The first-order chi connectivity index (χ1) is 8.13. The molecule has 1 aliphatic heterocycles. The second-order valence-corrected chi connectivity index (χ2v) is 4.84. The van der Waals surface area contributed by atoms with Crippen LogP contribution in [0.15, 0.2) is 18.2 Å². The van der Waals surface area contributed by atoms with Crippen LogP contribution in [0.5, 0.6) is 0 Å². The number of rotatable bonds is 3. The summed E-state index contributed by atoms with van der Waals surface area (Å²) in [5.41, 5.74) is 7.98. The van der Waals surface area contributed by atoms with Gasteiger partial charge in [0.2, 0.25) is 5.91 Å². The Labute approximate surface area is 107 Å². The van der Waals surface area contributed by atoms with Crippen molar-refractivity contribution in [3.63, 3.8) is 0 Å². The Balaban J connectivity index is 2.21. The second-order valence-electron chi connectivity index (χ2n) is 4.41. The average Bonchev–Trinajstić information content (AvgIpc) is 2.71. The van der Waals surface area contributed by atoms with Gasteiger partial charge in [-0.15, -0.1) is 0 Å². The Morgan fingerprint density at radius 1 is 1.59 bits per heavy atom. The van der Waals surface area contributed by atoms with Gasteiger partial charge in [-0.25, -0.2) is 0 Å². The van der Waals surface area contributed by atoms with E-state index < -0.39 is 6.04 Å². The normalized spacial score (nSPS) is 15.8. The zero-order chi connectivity index (χ0) is 12.4. The van der Waals surface area contributed by atoms with Gasteiger partial charge in [-0.2, -0.15) is 0 Å². The zero-order valence-corrected chi connectivity index (χ0v) is 10.7. The number of nitrogens with two attached hydrogens (primary N) is 1. The van der Waals surface area contributed by atoms with Gasteiger partial charge < -0.3 is 10.6 Å². The molecule has 0 saturated carbocycles. The fourth-order valence-electron chi connectivity index (χ4n) is 2.22. The summed E-state index contributed by atoms with van der Waals surface area (Å²) in [6.07, 6.45) is 2.53. The largest absolute Gasteiger partial charge is 0.320 e. The Hall–Kier alpha value is -1.06.